The van der Waals surface area contributed by atoms with Crippen LogP contribution < -0.4 is 19.5 Å². The summed E-state index contributed by atoms with van der Waals surface area (Å²) in [5, 5.41) is 2.92. The van der Waals surface area contributed by atoms with Crippen LogP contribution in [0.4, 0.5) is 5.69 Å². The van der Waals surface area contributed by atoms with E-state index in [1.165, 1.54) is 32.4 Å². The lowest BCUT2D eigenvalue weighted by Crippen LogP contribution is -2.45. The predicted molar refractivity (Wildman–Crippen MR) is 129 cm³/mol. The molecule has 0 aliphatic rings. The fraction of sp³-hybridized carbons (Fsp3) is 0.174. The number of rotatable bonds is 9. The van der Waals surface area contributed by atoms with Gasteiger partial charge in [0.25, 0.3) is 0 Å². The van der Waals surface area contributed by atoms with Crippen molar-refractivity contribution in [2.24, 2.45) is 0 Å². The van der Waals surface area contributed by atoms with Crippen LogP contribution in [0.1, 0.15) is 5.56 Å². The Balaban J connectivity index is 1.91. The SMILES string of the molecule is COc1ccc(NC(=O)[C@H](Cc2ccccc2)NS(=O)(=O)c2cc(Cl)ccc2Cl)cc1OC. The third-order valence-electron chi connectivity index (χ3n) is 4.73. The van der Waals surface area contributed by atoms with Crippen molar-refractivity contribution >= 4 is 44.8 Å². The highest BCUT2D eigenvalue weighted by molar-refractivity contribution is 7.89. The quantitative estimate of drug-likeness (QED) is 0.442. The third kappa shape index (κ3) is 6.39. The number of anilines is 1. The van der Waals surface area contributed by atoms with Crippen LogP contribution in [0.5, 0.6) is 11.5 Å². The number of sulfonamides is 1. The first-order valence-electron chi connectivity index (χ1n) is 9.77. The summed E-state index contributed by atoms with van der Waals surface area (Å²) < 4.78 is 39.1. The minimum atomic E-state index is -4.17. The highest BCUT2D eigenvalue weighted by Crippen LogP contribution is 2.30. The average Bonchev–Trinajstić information content (AvgIpc) is 2.80. The minimum absolute atomic E-state index is 0.00865. The molecule has 0 unspecified atom stereocenters. The maximum Gasteiger partial charge on any atom is 0.242 e. The second kappa shape index (κ2) is 10.9. The van der Waals surface area contributed by atoms with E-state index in [2.05, 4.69) is 10.0 Å². The molecule has 1 amide bonds. The molecule has 0 spiro atoms. The molecule has 1 atom stereocenters. The van der Waals surface area contributed by atoms with Gasteiger partial charge >= 0.3 is 0 Å². The largest absolute Gasteiger partial charge is 0.493 e. The van der Waals surface area contributed by atoms with E-state index in [0.29, 0.717) is 17.2 Å². The number of amides is 1. The molecule has 0 fully saturated rings. The number of nitrogens with one attached hydrogen (secondary N) is 2. The van der Waals surface area contributed by atoms with Gasteiger partial charge in [0.05, 0.1) is 19.2 Å². The number of hydrogen-bond acceptors (Lipinski definition) is 5. The number of halogens is 2. The second-order valence-corrected chi connectivity index (χ2v) is 9.52. The predicted octanol–water partition coefficient (Wildman–Crippen LogP) is 4.54. The number of hydrogen-bond donors (Lipinski definition) is 2. The van der Waals surface area contributed by atoms with Crippen molar-refractivity contribution in [2.75, 3.05) is 19.5 Å². The van der Waals surface area contributed by atoms with Gasteiger partial charge in [-0.1, -0.05) is 53.5 Å². The maximum absolute atomic E-state index is 13.2. The van der Waals surface area contributed by atoms with Crippen LogP contribution in [0, 0.1) is 0 Å². The van der Waals surface area contributed by atoms with E-state index in [0.717, 1.165) is 5.56 Å². The van der Waals surface area contributed by atoms with Gasteiger partial charge in [-0.3, -0.25) is 4.79 Å². The summed E-state index contributed by atoms with van der Waals surface area (Å²) in [6, 6.07) is 16.9. The van der Waals surface area contributed by atoms with Gasteiger partial charge in [-0.25, -0.2) is 8.42 Å². The van der Waals surface area contributed by atoms with Gasteiger partial charge < -0.3 is 14.8 Å². The molecule has 0 bridgehead atoms. The van der Waals surface area contributed by atoms with Crippen LogP contribution in [-0.4, -0.2) is 34.6 Å². The number of ether oxygens (including phenoxy) is 2. The lowest BCUT2D eigenvalue weighted by Gasteiger charge is -2.20. The standard InChI is InChI=1S/C23H22Cl2N2O5S/c1-31-20-11-9-17(14-21(20)32-2)26-23(28)19(12-15-6-4-3-5-7-15)27-33(29,30)22-13-16(24)8-10-18(22)25/h3-11,13-14,19,27H,12H2,1-2H3,(H,26,28)/t19-/m0/s1. The molecule has 0 heterocycles. The molecule has 2 N–H and O–H groups in total. The molecule has 0 aliphatic carbocycles. The zero-order chi connectivity index (χ0) is 24.0. The van der Waals surface area contributed by atoms with Crippen molar-refractivity contribution in [1.82, 2.24) is 4.72 Å². The van der Waals surface area contributed by atoms with Gasteiger partial charge in [-0.2, -0.15) is 4.72 Å². The molecule has 0 aliphatic heterocycles. The fourth-order valence-corrected chi connectivity index (χ4v) is 5.07. The fourth-order valence-electron chi connectivity index (χ4n) is 3.11. The smallest absolute Gasteiger partial charge is 0.242 e. The Labute approximate surface area is 202 Å². The molecule has 3 aromatic rings. The Kier molecular flexibility index (Phi) is 8.20. The van der Waals surface area contributed by atoms with Crippen LogP contribution in [0.3, 0.4) is 0 Å². The maximum atomic E-state index is 13.2. The molecule has 0 aromatic heterocycles. The summed E-state index contributed by atoms with van der Waals surface area (Å²) >= 11 is 12.1. The van der Waals surface area contributed by atoms with E-state index in [-0.39, 0.29) is 21.4 Å². The van der Waals surface area contributed by atoms with E-state index in [1.807, 2.05) is 6.07 Å². The van der Waals surface area contributed by atoms with Gasteiger partial charge in [-0.05, 0) is 42.3 Å². The monoisotopic (exact) mass is 508 g/mol. The minimum Gasteiger partial charge on any atom is -0.493 e. The number of methoxy groups -OCH3 is 2. The molecular weight excluding hydrogens is 487 g/mol. The van der Waals surface area contributed by atoms with E-state index < -0.39 is 22.0 Å². The van der Waals surface area contributed by atoms with Crippen molar-refractivity contribution < 1.29 is 22.7 Å². The Morgan fingerprint density at radius 1 is 0.939 bits per heavy atom. The first-order valence-corrected chi connectivity index (χ1v) is 12.0. The average molecular weight is 509 g/mol. The number of benzene rings is 3. The molecule has 7 nitrogen and oxygen atoms in total. The second-order valence-electron chi connectivity index (χ2n) is 7.00. The summed E-state index contributed by atoms with van der Waals surface area (Å²) in [5.41, 5.74) is 1.18. The Bertz CT molecular complexity index is 1240. The zero-order valence-electron chi connectivity index (χ0n) is 17.8. The van der Waals surface area contributed by atoms with Crippen molar-refractivity contribution in [2.45, 2.75) is 17.4 Å². The molecule has 10 heteroatoms. The van der Waals surface area contributed by atoms with Gasteiger partial charge in [0.15, 0.2) is 11.5 Å². The van der Waals surface area contributed by atoms with E-state index in [4.69, 9.17) is 32.7 Å². The van der Waals surface area contributed by atoms with Crippen LogP contribution in [-0.2, 0) is 21.2 Å². The van der Waals surface area contributed by atoms with Gasteiger partial charge in [0, 0.05) is 16.8 Å². The lowest BCUT2D eigenvalue weighted by molar-refractivity contribution is -0.117. The summed E-state index contributed by atoms with van der Waals surface area (Å²) in [5.74, 6) is 0.349. The zero-order valence-corrected chi connectivity index (χ0v) is 20.2. The first kappa shape index (κ1) is 24.9. The molecule has 174 valence electrons. The van der Waals surface area contributed by atoms with Crippen molar-refractivity contribution in [3.63, 3.8) is 0 Å². The van der Waals surface area contributed by atoms with Gasteiger partial charge in [0.1, 0.15) is 10.9 Å². The van der Waals surface area contributed by atoms with Crippen LogP contribution >= 0.6 is 23.2 Å². The molecule has 0 saturated heterocycles. The van der Waals surface area contributed by atoms with E-state index >= 15 is 0 Å². The molecule has 33 heavy (non-hydrogen) atoms. The van der Waals surface area contributed by atoms with E-state index in [9.17, 15) is 13.2 Å². The van der Waals surface area contributed by atoms with Crippen LogP contribution in [0.15, 0.2) is 71.6 Å². The Hall–Kier alpha value is -2.78. The van der Waals surface area contributed by atoms with Crippen molar-refractivity contribution in [1.29, 1.82) is 0 Å². The highest BCUT2D eigenvalue weighted by atomic mass is 35.5. The van der Waals surface area contributed by atoms with Gasteiger partial charge in [0.2, 0.25) is 15.9 Å². The lowest BCUT2D eigenvalue weighted by atomic mass is 10.1. The molecular formula is C23H22Cl2N2O5S. The number of carbonyl (C=O) groups excluding carboxylic acids is 1. The summed E-state index contributed by atoms with van der Waals surface area (Å²) in [6.07, 6.45) is 0.109. The third-order valence-corrected chi connectivity index (χ3v) is 6.92. The Morgan fingerprint density at radius 3 is 2.30 bits per heavy atom. The van der Waals surface area contributed by atoms with Gasteiger partial charge in [-0.15, -0.1) is 0 Å². The summed E-state index contributed by atoms with van der Waals surface area (Å²) in [6.45, 7) is 0. The molecule has 0 saturated carbocycles. The summed E-state index contributed by atoms with van der Waals surface area (Å²) in [4.78, 5) is 12.9. The Morgan fingerprint density at radius 2 is 1.64 bits per heavy atom. The molecule has 3 rings (SSSR count). The highest BCUT2D eigenvalue weighted by Gasteiger charge is 2.28. The van der Waals surface area contributed by atoms with Crippen LogP contribution in [0.2, 0.25) is 10.0 Å². The van der Waals surface area contributed by atoms with Crippen LogP contribution in [0.25, 0.3) is 0 Å². The molecule has 0 radical (unpaired) electrons. The normalized spacial score (nSPS) is 12.1. The van der Waals surface area contributed by atoms with Crippen molar-refractivity contribution in [3.05, 3.63) is 82.3 Å². The van der Waals surface area contributed by atoms with E-state index in [1.54, 1.807) is 42.5 Å². The first-order chi connectivity index (χ1) is 15.7. The van der Waals surface area contributed by atoms with Crippen molar-refractivity contribution in [3.8, 4) is 11.5 Å². The molecule has 3 aromatic carbocycles. The number of carbonyl (C=O) groups is 1. The topological polar surface area (TPSA) is 93.7 Å². The summed E-state index contributed by atoms with van der Waals surface area (Å²) in [7, 11) is -1.19.